The second-order valence-corrected chi connectivity index (χ2v) is 5.93. The van der Waals surface area contributed by atoms with Crippen molar-refractivity contribution in [2.45, 2.75) is 32.6 Å². The van der Waals surface area contributed by atoms with Gasteiger partial charge in [0.2, 0.25) is 0 Å². The first-order valence-corrected chi connectivity index (χ1v) is 7.79. The molecule has 0 aliphatic heterocycles. The van der Waals surface area contributed by atoms with Crippen molar-refractivity contribution in [2.75, 3.05) is 0 Å². The average molecular weight is 291 g/mol. The molecule has 0 spiro atoms. The maximum atomic E-state index is 12.8. The van der Waals surface area contributed by atoms with Gasteiger partial charge in [-0.3, -0.25) is 4.79 Å². The lowest BCUT2D eigenvalue weighted by molar-refractivity contribution is -0.114. The number of nitrogens with two attached hydrogens (primary N) is 1. The molecule has 0 saturated heterocycles. The molecular formula is C20H21NO. The summed E-state index contributed by atoms with van der Waals surface area (Å²) in [6.45, 7) is 4.23. The number of ketones is 1. The fourth-order valence-electron chi connectivity index (χ4n) is 3.28. The van der Waals surface area contributed by atoms with E-state index in [0.717, 1.165) is 17.5 Å². The minimum absolute atomic E-state index is 0.137. The van der Waals surface area contributed by atoms with Crippen molar-refractivity contribution in [3.63, 3.8) is 0 Å². The number of benzene rings is 2. The molecule has 1 atom stereocenters. The Kier molecular flexibility index (Phi) is 3.84. The van der Waals surface area contributed by atoms with E-state index in [1.165, 1.54) is 11.1 Å². The minimum Gasteiger partial charge on any atom is -0.401 e. The summed E-state index contributed by atoms with van der Waals surface area (Å²) in [6.07, 6.45) is 1.62. The largest absolute Gasteiger partial charge is 0.401 e. The van der Waals surface area contributed by atoms with Crippen LogP contribution < -0.4 is 5.73 Å². The lowest BCUT2D eigenvalue weighted by atomic mass is 9.92. The van der Waals surface area contributed by atoms with E-state index in [0.29, 0.717) is 17.7 Å². The van der Waals surface area contributed by atoms with Crippen LogP contribution in [0.4, 0.5) is 0 Å². The van der Waals surface area contributed by atoms with Gasteiger partial charge in [0.25, 0.3) is 0 Å². The fourth-order valence-corrected chi connectivity index (χ4v) is 3.28. The summed E-state index contributed by atoms with van der Waals surface area (Å²) in [5, 5.41) is 0. The molecule has 2 heteroatoms. The van der Waals surface area contributed by atoms with Crippen LogP contribution in [-0.2, 0) is 11.2 Å². The lowest BCUT2D eigenvalue weighted by Crippen LogP contribution is -2.08. The Bertz CT molecular complexity index is 744. The van der Waals surface area contributed by atoms with Crippen LogP contribution in [0.1, 0.15) is 41.5 Å². The van der Waals surface area contributed by atoms with E-state index in [1.54, 1.807) is 0 Å². The van der Waals surface area contributed by atoms with E-state index < -0.39 is 0 Å². The molecule has 2 N–H and O–H groups in total. The van der Waals surface area contributed by atoms with Crippen LogP contribution in [0.2, 0.25) is 0 Å². The number of aryl methyl sites for hydroxylation is 2. The van der Waals surface area contributed by atoms with Crippen LogP contribution in [0.25, 0.3) is 5.57 Å². The number of hydrogen-bond donors (Lipinski definition) is 1. The van der Waals surface area contributed by atoms with Gasteiger partial charge in [-0.2, -0.15) is 0 Å². The molecule has 22 heavy (non-hydrogen) atoms. The number of allylic oxidation sites excluding steroid dienone is 2. The van der Waals surface area contributed by atoms with Crippen molar-refractivity contribution in [1.82, 2.24) is 0 Å². The van der Waals surface area contributed by atoms with Gasteiger partial charge in [0.05, 0.1) is 5.92 Å². The van der Waals surface area contributed by atoms with Gasteiger partial charge in [-0.1, -0.05) is 55.5 Å². The molecule has 0 heterocycles. The first-order valence-electron chi connectivity index (χ1n) is 7.79. The molecule has 1 aliphatic carbocycles. The van der Waals surface area contributed by atoms with Gasteiger partial charge < -0.3 is 5.73 Å². The Morgan fingerprint density at radius 3 is 2.50 bits per heavy atom. The number of hydrogen-bond acceptors (Lipinski definition) is 2. The molecule has 0 aromatic heterocycles. The van der Waals surface area contributed by atoms with E-state index in [-0.39, 0.29) is 11.7 Å². The van der Waals surface area contributed by atoms with E-state index in [4.69, 9.17) is 5.73 Å². The summed E-state index contributed by atoms with van der Waals surface area (Å²) in [5.74, 6) is 0.00899. The Morgan fingerprint density at radius 2 is 1.86 bits per heavy atom. The molecule has 2 aromatic carbocycles. The molecule has 0 radical (unpaired) electrons. The molecule has 0 bridgehead atoms. The van der Waals surface area contributed by atoms with Gasteiger partial charge in [-0.25, -0.2) is 0 Å². The summed E-state index contributed by atoms with van der Waals surface area (Å²) < 4.78 is 0. The molecule has 2 nitrogen and oxygen atoms in total. The van der Waals surface area contributed by atoms with Crippen LogP contribution >= 0.6 is 0 Å². The Morgan fingerprint density at radius 1 is 1.14 bits per heavy atom. The summed E-state index contributed by atoms with van der Waals surface area (Å²) in [5.41, 5.74) is 12.2. The Balaban J connectivity index is 1.96. The molecule has 1 unspecified atom stereocenters. The number of carbonyl (C=O) groups is 1. The topological polar surface area (TPSA) is 43.1 Å². The van der Waals surface area contributed by atoms with Crippen LogP contribution in [0.3, 0.4) is 0 Å². The summed E-state index contributed by atoms with van der Waals surface area (Å²) >= 11 is 0. The summed E-state index contributed by atoms with van der Waals surface area (Å²) in [7, 11) is 0. The highest BCUT2D eigenvalue weighted by molar-refractivity contribution is 6.26. The normalized spacial score (nSPS) is 18.1. The van der Waals surface area contributed by atoms with Gasteiger partial charge in [0.15, 0.2) is 5.78 Å². The average Bonchev–Trinajstić information content (AvgIpc) is 2.83. The van der Waals surface area contributed by atoms with Crippen LogP contribution in [-0.4, -0.2) is 5.78 Å². The van der Waals surface area contributed by atoms with E-state index in [9.17, 15) is 4.79 Å². The van der Waals surface area contributed by atoms with Crippen molar-refractivity contribution >= 4 is 11.4 Å². The summed E-state index contributed by atoms with van der Waals surface area (Å²) in [4.78, 5) is 12.8. The molecule has 0 amide bonds. The maximum Gasteiger partial charge on any atom is 0.173 e. The highest BCUT2D eigenvalue weighted by Gasteiger charge is 2.33. The zero-order chi connectivity index (χ0) is 15.7. The van der Waals surface area contributed by atoms with Gasteiger partial charge in [0, 0.05) is 17.7 Å². The molecule has 2 aromatic rings. The molecule has 0 saturated carbocycles. The third-order valence-corrected chi connectivity index (χ3v) is 4.52. The van der Waals surface area contributed by atoms with Crippen molar-refractivity contribution in [3.8, 4) is 0 Å². The first-order chi connectivity index (χ1) is 10.6. The number of Topliss-reactive ketones (excluding diaryl/α,β-unsaturated/α-hetero) is 1. The predicted octanol–water partition coefficient (Wildman–Crippen LogP) is 3.98. The minimum atomic E-state index is -0.137. The quantitative estimate of drug-likeness (QED) is 0.929. The number of rotatable bonds is 3. The zero-order valence-corrected chi connectivity index (χ0v) is 13.1. The predicted molar refractivity (Wildman–Crippen MR) is 90.5 cm³/mol. The van der Waals surface area contributed by atoms with Crippen molar-refractivity contribution in [2.24, 2.45) is 5.73 Å². The Hall–Kier alpha value is -2.35. The monoisotopic (exact) mass is 291 g/mol. The zero-order valence-electron chi connectivity index (χ0n) is 13.1. The highest BCUT2D eigenvalue weighted by atomic mass is 16.1. The Labute approximate surface area is 131 Å². The number of carbonyl (C=O) groups excluding carboxylic acids is 1. The first kappa shape index (κ1) is 14.6. The third-order valence-electron chi connectivity index (χ3n) is 4.52. The van der Waals surface area contributed by atoms with E-state index >= 15 is 0 Å². The van der Waals surface area contributed by atoms with E-state index in [1.807, 2.05) is 36.4 Å². The van der Waals surface area contributed by atoms with Crippen LogP contribution in [0, 0.1) is 6.92 Å². The standard InChI is InChI=1S/C20H21NO/c1-3-14-9-10-16(11-13(14)2)19-18(21)12-17(20(19)22)15-7-5-4-6-8-15/h4-11,17H,3,12,21H2,1-2H3. The molecule has 112 valence electrons. The van der Waals surface area contributed by atoms with Crippen molar-refractivity contribution in [1.29, 1.82) is 0 Å². The third kappa shape index (κ3) is 2.45. The molecular weight excluding hydrogens is 270 g/mol. The van der Waals surface area contributed by atoms with E-state index in [2.05, 4.69) is 26.0 Å². The second-order valence-electron chi connectivity index (χ2n) is 5.93. The molecule has 0 fully saturated rings. The van der Waals surface area contributed by atoms with Crippen LogP contribution in [0.15, 0.2) is 54.2 Å². The highest BCUT2D eigenvalue weighted by Crippen LogP contribution is 2.38. The SMILES string of the molecule is CCc1ccc(C2=C(N)CC(c3ccccc3)C2=O)cc1C. The fraction of sp³-hybridized carbons (Fsp3) is 0.250. The molecule has 3 rings (SSSR count). The lowest BCUT2D eigenvalue weighted by Gasteiger charge is -2.11. The summed E-state index contributed by atoms with van der Waals surface area (Å²) in [6, 6.07) is 16.1. The van der Waals surface area contributed by atoms with Gasteiger partial charge in [-0.15, -0.1) is 0 Å². The van der Waals surface area contributed by atoms with Gasteiger partial charge in [0.1, 0.15) is 0 Å². The smallest absolute Gasteiger partial charge is 0.173 e. The van der Waals surface area contributed by atoms with Gasteiger partial charge >= 0.3 is 0 Å². The van der Waals surface area contributed by atoms with Crippen molar-refractivity contribution in [3.05, 3.63) is 76.5 Å². The maximum absolute atomic E-state index is 12.8. The second kappa shape index (κ2) is 5.80. The van der Waals surface area contributed by atoms with Crippen LogP contribution in [0.5, 0.6) is 0 Å². The van der Waals surface area contributed by atoms with Crippen molar-refractivity contribution < 1.29 is 4.79 Å². The van der Waals surface area contributed by atoms with Gasteiger partial charge in [-0.05, 0) is 35.6 Å². The molecule has 1 aliphatic rings.